The van der Waals surface area contributed by atoms with Crippen LogP contribution < -0.4 is 0 Å². The number of amides is 1. The van der Waals surface area contributed by atoms with Crippen molar-refractivity contribution in [1.82, 2.24) is 4.90 Å². The van der Waals surface area contributed by atoms with E-state index in [1.165, 1.54) is 30.0 Å². The molecule has 1 amide bonds. The monoisotopic (exact) mass is 442 g/mol. The van der Waals surface area contributed by atoms with E-state index >= 15 is 0 Å². The number of benzene rings is 2. The Balaban J connectivity index is 1.47. The fourth-order valence-corrected chi connectivity index (χ4v) is 4.30. The number of hydrogen-bond donors (Lipinski definition) is 1. The number of amidine groups is 2. The number of carbonyl (C=O) groups excluding carboxylic acids is 1. The minimum Gasteiger partial charge on any atom is -0.457 e. The summed E-state index contributed by atoms with van der Waals surface area (Å²) in [5.41, 5.74) is 2.28. The molecule has 0 bridgehead atoms. The fraction of sp³-hybridized carbons (Fsp3) is 0. The third-order valence-corrected chi connectivity index (χ3v) is 5.76. The highest BCUT2D eigenvalue weighted by Crippen LogP contribution is 2.37. The Labute approximate surface area is 186 Å². The highest BCUT2D eigenvalue weighted by atomic mass is 32.2. The van der Waals surface area contributed by atoms with Crippen LogP contribution in [0.2, 0.25) is 0 Å². The van der Waals surface area contributed by atoms with Crippen LogP contribution in [0.5, 0.6) is 0 Å². The van der Waals surface area contributed by atoms with Gasteiger partial charge in [0, 0.05) is 23.1 Å². The Bertz CT molecular complexity index is 1370. The summed E-state index contributed by atoms with van der Waals surface area (Å²) in [6.07, 6.45) is 1.47. The van der Waals surface area contributed by atoms with Gasteiger partial charge in [-0.15, -0.1) is 0 Å². The average molecular weight is 442 g/mol. The lowest BCUT2D eigenvalue weighted by molar-refractivity contribution is -0.384. The number of aliphatic imine (C=N–C) groups is 1. The Hall–Kier alpha value is -4.24. The van der Waals surface area contributed by atoms with Gasteiger partial charge in [0.25, 0.3) is 11.6 Å². The molecule has 0 spiro atoms. The molecule has 0 atom stereocenters. The van der Waals surface area contributed by atoms with Crippen LogP contribution in [0.3, 0.4) is 0 Å². The van der Waals surface area contributed by atoms with Crippen molar-refractivity contribution in [2.24, 2.45) is 4.99 Å². The first-order chi connectivity index (χ1) is 15.5. The number of rotatable bonds is 4. The molecular formula is C23H14N4O4S. The lowest BCUT2D eigenvalue weighted by Crippen LogP contribution is -2.37. The SMILES string of the molecule is N=C1/C(=C/c2ccc(-c3cccc([N+](=O)[O-])c3)o2)C(=O)N=C2SC=C(c3ccccc3)N12. The third kappa shape index (κ3) is 3.44. The van der Waals surface area contributed by atoms with Crippen molar-refractivity contribution in [1.29, 1.82) is 5.41 Å². The number of non-ortho nitro benzene ring substituents is 1. The highest BCUT2D eigenvalue weighted by molar-refractivity contribution is 8.17. The minimum atomic E-state index is -0.523. The van der Waals surface area contributed by atoms with E-state index in [-0.39, 0.29) is 17.1 Å². The number of nitro groups is 1. The number of nitrogens with one attached hydrogen (secondary N) is 1. The molecule has 1 N–H and O–H groups in total. The van der Waals surface area contributed by atoms with E-state index in [4.69, 9.17) is 9.83 Å². The first-order valence-corrected chi connectivity index (χ1v) is 10.4. The summed E-state index contributed by atoms with van der Waals surface area (Å²) in [4.78, 5) is 28.9. The van der Waals surface area contributed by atoms with Crippen LogP contribution in [0.1, 0.15) is 11.3 Å². The standard InChI is InChI=1S/C23H14N4O4S/c24-21-18(12-17-9-10-20(31-17)15-7-4-8-16(11-15)27(29)30)22(28)25-23-26(21)19(13-32-23)14-5-2-1-3-6-14/h1-13,24H/b18-12-,24-21?. The first kappa shape index (κ1) is 19.7. The van der Waals surface area contributed by atoms with E-state index in [0.29, 0.717) is 22.3 Å². The molecule has 9 heteroatoms. The fourth-order valence-electron chi connectivity index (χ4n) is 3.41. The molecule has 3 heterocycles. The summed E-state index contributed by atoms with van der Waals surface area (Å²) in [5, 5.41) is 22.0. The number of nitrogens with zero attached hydrogens (tertiary/aromatic N) is 3. The van der Waals surface area contributed by atoms with Gasteiger partial charge in [-0.1, -0.05) is 54.2 Å². The number of thioether (sulfide) groups is 1. The molecule has 32 heavy (non-hydrogen) atoms. The number of nitro benzene ring substituents is 1. The molecule has 8 nitrogen and oxygen atoms in total. The molecule has 3 aromatic rings. The molecule has 156 valence electrons. The van der Waals surface area contributed by atoms with Crippen molar-refractivity contribution >= 4 is 46.1 Å². The van der Waals surface area contributed by atoms with Gasteiger partial charge in [0.2, 0.25) is 0 Å². The maximum Gasteiger partial charge on any atom is 0.283 e. The molecule has 2 aliphatic rings. The van der Waals surface area contributed by atoms with Crippen molar-refractivity contribution in [3.05, 3.63) is 99.1 Å². The Morgan fingerprint density at radius 2 is 1.84 bits per heavy atom. The van der Waals surface area contributed by atoms with Crippen LogP contribution in [-0.4, -0.2) is 26.7 Å². The summed E-state index contributed by atoms with van der Waals surface area (Å²) in [7, 11) is 0. The van der Waals surface area contributed by atoms with Crippen molar-refractivity contribution < 1.29 is 14.1 Å². The van der Waals surface area contributed by atoms with Crippen LogP contribution in [0, 0.1) is 15.5 Å². The molecule has 2 aromatic carbocycles. The molecule has 1 aromatic heterocycles. The smallest absolute Gasteiger partial charge is 0.283 e. The average Bonchev–Trinajstić information content (AvgIpc) is 3.44. The predicted octanol–water partition coefficient (Wildman–Crippen LogP) is 5.16. The summed E-state index contributed by atoms with van der Waals surface area (Å²) in [6.45, 7) is 0. The molecule has 0 saturated carbocycles. The van der Waals surface area contributed by atoms with E-state index in [0.717, 1.165) is 11.3 Å². The van der Waals surface area contributed by atoms with Crippen LogP contribution in [-0.2, 0) is 4.79 Å². The number of carbonyl (C=O) groups is 1. The molecule has 0 fully saturated rings. The molecule has 0 unspecified atom stereocenters. The first-order valence-electron chi connectivity index (χ1n) is 9.52. The zero-order valence-electron chi connectivity index (χ0n) is 16.4. The number of hydrogen-bond acceptors (Lipinski definition) is 6. The molecular weight excluding hydrogens is 428 g/mol. The van der Waals surface area contributed by atoms with E-state index in [9.17, 15) is 14.9 Å². The van der Waals surface area contributed by atoms with E-state index in [2.05, 4.69) is 4.99 Å². The van der Waals surface area contributed by atoms with Gasteiger partial charge in [-0.3, -0.25) is 25.2 Å². The van der Waals surface area contributed by atoms with Gasteiger partial charge in [-0.05, 0) is 23.8 Å². The van der Waals surface area contributed by atoms with Gasteiger partial charge in [0.05, 0.1) is 16.2 Å². The molecule has 5 rings (SSSR count). The zero-order valence-corrected chi connectivity index (χ0v) is 17.2. The largest absolute Gasteiger partial charge is 0.457 e. The summed E-state index contributed by atoms with van der Waals surface area (Å²) >= 11 is 1.30. The van der Waals surface area contributed by atoms with Gasteiger partial charge >= 0.3 is 0 Å². The Morgan fingerprint density at radius 1 is 1.06 bits per heavy atom. The van der Waals surface area contributed by atoms with Crippen LogP contribution >= 0.6 is 11.8 Å². The second-order valence-electron chi connectivity index (χ2n) is 6.94. The maximum atomic E-state index is 12.6. The number of furan rings is 1. The van der Waals surface area contributed by atoms with Crippen molar-refractivity contribution in [2.45, 2.75) is 0 Å². The predicted molar refractivity (Wildman–Crippen MR) is 123 cm³/mol. The van der Waals surface area contributed by atoms with Gasteiger partial charge in [0.1, 0.15) is 17.4 Å². The third-order valence-electron chi connectivity index (χ3n) is 4.94. The molecule has 2 aliphatic heterocycles. The summed E-state index contributed by atoms with van der Waals surface area (Å²) in [6, 6.07) is 19.0. The molecule has 0 saturated heterocycles. The lowest BCUT2D eigenvalue weighted by atomic mass is 10.1. The van der Waals surface area contributed by atoms with E-state index in [1.807, 2.05) is 35.7 Å². The van der Waals surface area contributed by atoms with Crippen LogP contribution in [0.25, 0.3) is 23.1 Å². The minimum absolute atomic E-state index is 0.00778. The summed E-state index contributed by atoms with van der Waals surface area (Å²) < 4.78 is 5.79. The van der Waals surface area contributed by atoms with E-state index in [1.54, 1.807) is 29.2 Å². The quantitative estimate of drug-likeness (QED) is 0.339. The number of fused-ring (bicyclic) bond motifs is 1. The van der Waals surface area contributed by atoms with Crippen molar-refractivity contribution in [2.75, 3.05) is 0 Å². The van der Waals surface area contributed by atoms with Crippen LogP contribution in [0.4, 0.5) is 5.69 Å². The second-order valence-corrected chi connectivity index (χ2v) is 7.77. The topological polar surface area (TPSA) is 113 Å². The van der Waals surface area contributed by atoms with E-state index < -0.39 is 10.8 Å². The van der Waals surface area contributed by atoms with Gasteiger partial charge in [0.15, 0.2) is 5.17 Å². The van der Waals surface area contributed by atoms with Gasteiger partial charge in [-0.25, -0.2) is 0 Å². The van der Waals surface area contributed by atoms with Gasteiger partial charge in [-0.2, -0.15) is 4.99 Å². The molecule has 0 radical (unpaired) electrons. The van der Waals surface area contributed by atoms with Crippen molar-refractivity contribution in [3.8, 4) is 11.3 Å². The second kappa shape index (κ2) is 7.78. The Morgan fingerprint density at radius 3 is 2.62 bits per heavy atom. The normalized spacial score (nSPS) is 16.8. The van der Waals surface area contributed by atoms with Crippen molar-refractivity contribution in [3.63, 3.8) is 0 Å². The highest BCUT2D eigenvalue weighted by Gasteiger charge is 2.36. The molecule has 0 aliphatic carbocycles. The lowest BCUT2D eigenvalue weighted by Gasteiger charge is -2.26. The van der Waals surface area contributed by atoms with Crippen LogP contribution in [0.15, 0.2) is 87.1 Å². The summed E-state index contributed by atoms with van der Waals surface area (Å²) in [5.74, 6) is 0.245. The zero-order chi connectivity index (χ0) is 22.2. The maximum absolute atomic E-state index is 12.6. The van der Waals surface area contributed by atoms with Gasteiger partial charge < -0.3 is 4.42 Å². The Kier molecular flexibility index (Phi) is 4.79.